The Labute approximate surface area is 97.1 Å². The molecule has 4 nitrogen and oxygen atoms in total. The van der Waals surface area contributed by atoms with E-state index in [-0.39, 0.29) is 17.2 Å². The van der Waals surface area contributed by atoms with Gasteiger partial charge < -0.3 is 4.74 Å². The second-order valence-electron chi connectivity index (χ2n) is 3.27. The maximum atomic E-state index is 13.2. The Morgan fingerprint density at radius 2 is 2.18 bits per heavy atom. The molecule has 2 aromatic rings. The summed E-state index contributed by atoms with van der Waals surface area (Å²) in [5, 5.41) is 0. The second kappa shape index (κ2) is 4.69. The molecular formula is C12H9FN2O2. The summed E-state index contributed by atoms with van der Waals surface area (Å²) in [5.74, 6) is -0.806. The minimum absolute atomic E-state index is 0.0275. The summed E-state index contributed by atoms with van der Waals surface area (Å²) in [5.41, 5.74) is 0.518. The van der Waals surface area contributed by atoms with Gasteiger partial charge >= 0.3 is 0 Å². The molecule has 0 saturated carbocycles. The number of hydrogen-bond acceptors (Lipinski definition) is 4. The van der Waals surface area contributed by atoms with Crippen LogP contribution in [0.2, 0.25) is 0 Å². The van der Waals surface area contributed by atoms with Crippen molar-refractivity contribution in [2.24, 2.45) is 0 Å². The molecule has 0 amide bonds. The monoisotopic (exact) mass is 232 g/mol. The van der Waals surface area contributed by atoms with Crippen LogP contribution in [0.4, 0.5) is 4.39 Å². The van der Waals surface area contributed by atoms with Crippen LogP contribution in [-0.2, 0) is 0 Å². The lowest BCUT2D eigenvalue weighted by molar-refractivity contribution is 0.103. The quantitative estimate of drug-likeness (QED) is 0.758. The highest BCUT2D eigenvalue weighted by molar-refractivity contribution is 6.07. The molecule has 0 atom stereocenters. The number of carbonyl (C=O) groups excluding carboxylic acids is 1. The minimum atomic E-state index is -0.511. The SMILES string of the molecule is COc1cc(C(=O)c2cnccn2)ccc1F. The summed E-state index contributed by atoms with van der Waals surface area (Å²) in [6.07, 6.45) is 4.26. The predicted octanol–water partition coefficient (Wildman–Crippen LogP) is 1.86. The van der Waals surface area contributed by atoms with Crippen molar-refractivity contribution in [1.82, 2.24) is 9.97 Å². The Morgan fingerprint density at radius 3 is 2.82 bits per heavy atom. The molecule has 0 fully saturated rings. The van der Waals surface area contributed by atoms with Gasteiger partial charge in [-0.15, -0.1) is 0 Å². The Bertz CT molecular complexity index is 543. The van der Waals surface area contributed by atoms with Crippen molar-refractivity contribution in [1.29, 1.82) is 0 Å². The first kappa shape index (κ1) is 11.2. The van der Waals surface area contributed by atoms with Crippen LogP contribution in [0.5, 0.6) is 5.75 Å². The largest absolute Gasteiger partial charge is 0.494 e. The third-order valence-corrected chi connectivity index (χ3v) is 2.21. The van der Waals surface area contributed by atoms with Gasteiger partial charge in [0.1, 0.15) is 5.69 Å². The maximum absolute atomic E-state index is 13.2. The molecule has 5 heteroatoms. The third-order valence-electron chi connectivity index (χ3n) is 2.21. The van der Waals surface area contributed by atoms with E-state index in [9.17, 15) is 9.18 Å². The standard InChI is InChI=1S/C12H9FN2O2/c1-17-11-6-8(2-3-9(11)13)12(16)10-7-14-4-5-15-10/h2-7H,1H3. The van der Waals surface area contributed by atoms with Gasteiger partial charge in [-0.2, -0.15) is 0 Å². The van der Waals surface area contributed by atoms with E-state index in [0.29, 0.717) is 5.56 Å². The Hall–Kier alpha value is -2.30. The van der Waals surface area contributed by atoms with Gasteiger partial charge in [-0.05, 0) is 18.2 Å². The van der Waals surface area contributed by atoms with Crippen molar-refractivity contribution in [3.05, 3.63) is 53.9 Å². The zero-order chi connectivity index (χ0) is 12.3. The fourth-order valence-electron chi connectivity index (χ4n) is 1.37. The highest BCUT2D eigenvalue weighted by Gasteiger charge is 2.13. The van der Waals surface area contributed by atoms with E-state index in [1.807, 2.05) is 0 Å². The van der Waals surface area contributed by atoms with Gasteiger partial charge in [0.25, 0.3) is 0 Å². The molecule has 0 N–H and O–H groups in total. The molecule has 0 spiro atoms. The fourth-order valence-corrected chi connectivity index (χ4v) is 1.37. The molecule has 1 aromatic heterocycles. The Balaban J connectivity index is 2.38. The number of carbonyl (C=O) groups is 1. The normalized spacial score (nSPS) is 10.0. The van der Waals surface area contributed by atoms with Crippen LogP contribution in [-0.4, -0.2) is 22.9 Å². The Morgan fingerprint density at radius 1 is 1.35 bits per heavy atom. The Kier molecular flexibility index (Phi) is 3.09. The van der Waals surface area contributed by atoms with E-state index in [0.717, 1.165) is 0 Å². The molecule has 1 heterocycles. The fraction of sp³-hybridized carbons (Fsp3) is 0.0833. The second-order valence-corrected chi connectivity index (χ2v) is 3.27. The lowest BCUT2D eigenvalue weighted by atomic mass is 10.1. The number of ketones is 1. The van der Waals surface area contributed by atoms with Gasteiger partial charge in [0, 0.05) is 18.0 Å². The number of methoxy groups -OCH3 is 1. The lowest BCUT2D eigenvalue weighted by Crippen LogP contribution is -2.05. The van der Waals surface area contributed by atoms with Gasteiger partial charge in [0.05, 0.1) is 13.3 Å². The summed E-state index contributed by atoms with van der Waals surface area (Å²) in [6, 6.07) is 3.91. The molecule has 17 heavy (non-hydrogen) atoms. The van der Waals surface area contributed by atoms with E-state index in [1.165, 1.54) is 43.9 Å². The highest BCUT2D eigenvalue weighted by atomic mass is 19.1. The summed E-state index contributed by atoms with van der Waals surface area (Å²) < 4.78 is 18.0. The number of halogens is 1. The topological polar surface area (TPSA) is 52.1 Å². The molecule has 0 saturated heterocycles. The van der Waals surface area contributed by atoms with Crippen LogP contribution in [0, 0.1) is 5.82 Å². The molecule has 0 aliphatic rings. The van der Waals surface area contributed by atoms with Crippen molar-refractivity contribution in [2.45, 2.75) is 0 Å². The van der Waals surface area contributed by atoms with E-state index in [2.05, 4.69) is 9.97 Å². The molecule has 0 aliphatic carbocycles. The van der Waals surface area contributed by atoms with Gasteiger partial charge in [-0.3, -0.25) is 9.78 Å². The zero-order valence-electron chi connectivity index (χ0n) is 9.05. The smallest absolute Gasteiger partial charge is 0.213 e. The van der Waals surface area contributed by atoms with E-state index >= 15 is 0 Å². The minimum Gasteiger partial charge on any atom is -0.494 e. The third kappa shape index (κ3) is 2.28. The summed E-state index contributed by atoms with van der Waals surface area (Å²) in [6.45, 7) is 0. The van der Waals surface area contributed by atoms with Gasteiger partial charge in [-0.25, -0.2) is 9.37 Å². The highest BCUT2D eigenvalue weighted by Crippen LogP contribution is 2.19. The molecular weight excluding hydrogens is 223 g/mol. The van der Waals surface area contributed by atoms with Gasteiger partial charge in [0.2, 0.25) is 5.78 Å². The van der Waals surface area contributed by atoms with Crippen molar-refractivity contribution in [3.8, 4) is 5.75 Å². The van der Waals surface area contributed by atoms with Crippen LogP contribution < -0.4 is 4.74 Å². The van der Waals surface area contributed by atoms with Crippen LogP contribution in [0.25, 0.3) is 0 Å². The van der Waals surface area contributed by atoms with Crippen molar-refractivity contribution >= 4 is 5.78 Å². The van der Waals surface area contributed by atoms with Crippen LogP contribution in [0.15, 0.2) is 36.8 Å². The van der Waals surface area contributed by atoms with Crippen LogP contribution in [0.1, 0.15) is 16.1 Å². The first-order valence-corrected chi connectivity index (χ1v) is 4.86. The molecule has 2 rings (SSSR count). The number of hydrogen-bond donors (Lipinski definition) is 0. The molecule has 86 valence electrons. The molecule has 0 radical (unpaired) electrons. The molecule has 0 bridgehead atoms. The van der Waals surface area contributed by atoms with Crippen molar-refractivity contribution in [2.75, 3.05) is 7.11 Å². The van der Waals surface area contributed by atoms with E-state index in [4.69, 9.17) is 4.74 Å². The first-order valence-electron chi connectivity index (χ1n) is 4.86. The average molecular weight is 232 g/mol. The molecule has 0 aliphatic heterocycles. The zero-order valence-corrected chi connectivity index (χ0v) is 9.05. The summed E-state index contributed by atoms with van der Waals surface area (Å²) >= 11 is 0. The molecule has 1 aromatic carbocycles. The predicted molar refractivity (Wildman–Crippen MR) is 58.4 cm³/mol. The first-order chi connectivity index (χ1) is 8.22. The van der Waals surface area contributed by atoms with Gasteiger partial charge in [0.15, 0.2) is 11.6 Å². The number of benzene rings is 1. The summed E-state index contributed by atoms with van der Waals surface area (Å²) in [7, 11) is 1.34. The van der Waals surface area contributed by atoms with Gasteiger partial charge in [-0.1, -0.05) is 0 Å². The molecule has 0 unspecified atom stereocenters. The lowest BCUT2D eigenvalue weighted by Gasteiger charge is -2.04. The number of aromatic nitrogens is 2. The maximum Gasteiger partial charge on any atom is 0.213 e. The number of rotatable bonds is 3. The van der Waals surface area contributed by atoms with Crippen LogP contribution in [0.3, 0.4) is 0 Å². The van der Waals surface area contributed by atoms with Crippen molar-refractivity contribution < 1.29 is 13.9 Å². The van der Waals surface area contributed by atoms with E-state index < -0.39 is 5.82 Å². The average Bonchev–Trinajstić information content (AvgIpc) is 2.39. The van der Waals surface area contributed by atoms with E-state index in [1.54, 1.807) is 0 Å². The van der Waals surface area contributed by atoms with Crippen LogP contribution >= 0.6 is 0 Å². The number of nitrogens with zero attached hydrogens (tertiary/aromatic N) is 2. The summed E-state index contributed by atoms with van der Waals surface area (Å²) in [4.78, 5) is 19.6. The van der Waals surface area contributed by atoms with Crippen molar-refractivity contribution in [3.63, 3.8) is 0 Å². The number of ether oxygens (including phenoxy) is 1.